The third-order valence-electron chi connectivity index (χ3n) is 6.19. The van der Waals surface area contributed by atoms with Crippen LogP contribution in [-0.4, -0.2) is 64.4 Å². The van der Waals surface area contributed by atoms with E-state index in [0.717, 1.165) is 27.2 Å². The van der Waals surface area contributed by atoms with Crippen molar-refractivity contribution in [3.63, 3.8) is 0 Å². The molecule has 3 atom stereocenters. The van der Waals surface area contributed by atoms with Crippen molar-refractivity contribution in [3.05, 3.63) is 59.7 Å². The van der Waals surface area contributed by atoms with Crippen LogP contribution in [0.5, 0.6) is 0 Å². The minimum absolute atomic E-state index is 0.0253. The summed E-state index contributed by atoms with van der Waals surface area (Å²) in [5.41, 5.74) is 4.40. The molecule has 2 amide bonds. The monoisotopic (exact) mass is 438 g/mol. The number of hydrogen-bond donors (Lipinski definition) is 3. The molecule has 2 aliphatic rings. The minimum Gasteiger partial charge on any atom is -0.480 e. The molecule has 3 N–H and O–H groups in total. The number of likely N-dealkylation sites (tertiary alicyclic amines) is 1. The second kappa shape index (κ2) is 9.00. The van der Waals surface area contributed by atoms with E-state index in [2.05, 4.69) is 5.32 Å². The Morgan fingerprint density at radius 1 is 1.09 bits per heavy atom. The predicted molar refractivity (Wildman–Crippen MR) is 116 cm³/mol. The second-order valence-electron chi connectivity index (χ2n) is 8.16. The summed E-state index contributed by atoms with van der Waals surface area (Å²) in [6.07, 6.45) is -1.39. The molecule has 2 aromatic rings. The number of hydrogen-bond acceptors (Lipinski definition) is 5. The number of amides is 2. The van der Waals surface area contributed by atoms with E-state index in [0.29, 0.717) is 0 Å². The molecule has 0 saturated carbocycles. The van der Waals surface area contributed by atoms with E-state index in [4.69, 9.17) is 4.74 Å². The van der Waals surface area contributed by atoms with Gasteiger partial charge in [-0.3, -0.25) is 4.79 Å². The van der Waals surface area contributed by atoms with Gasteiger partial charge >= 0.3 is 12.1 Å². The van der Waals surface area contributed by atoms with Crippen LogP contribution in [0.25, 0.3) is 11.1 Å². The average molecular weight is 438 g/mol. The third-order valence-corrected chi connectivity index (χ3v) is 6.19. The van der Waals surface area contributed by atoms with Crippen LogP contribution < -0.4 is 5.32 Å². The van der Waals surface area contributed by atoms with Gasteiger partial charge in [0.05, 0.1) is 6.10 Å². The number of rotatable bonds is 6. The summed E-state index contributed by atoms with van der Waals surface area (Å²) in [5.74, 6) is -1.81. The lowest BCUT2D eigenvalue weighted by atomic mass is 9.98. The maximum Gasteiger partial charge on any atom is 0.407 e. The summed E-state index contributed by atoms with van der Waals surface area (Å²) >= 11 is 0. The maximum atomic E-state index is 12.8. The number of nitrogens with zero attached hydrogens (tertiary/aromatic N) is 1. The number of aliphatic hydroxyl groups excluding tert-OH is 1. The normalized spacial score (nSPS) is 20.4. The zero-order chi connectivity index (χ0) is 22.8. The van der Waals surface area contributed by atoms with Crippen molar-refractivity contribution in [2.75, 3.05) is 13.2 Å². The number of nitrogens with one attached hydrogen (secondary N) is 1. The highest BCUT2D eigenvalue weighted by Gasteiger charge is 2.41. The van der Waals surface area contributed by atoms with E-state index in [-0.39, 0.29) is 31.9 Å². The van der Waals surface area contributed by atoms with E-state index >= 15 is 0 Å². The third kappa shape index (κ3) is 4.05. The Bertz CT molecular complexity index is 993. The summed E-state index contributed by atoms with van der Waals surface area (Å²) in [4.78, 5) is 37.9. The van der Waals surface area contributed by atoms with Gasteiger partial charge in [0.1, 0.15) is 18.7 Å². The lowest BCUT2D eigenvalue weighted by molar-refractivity contribution is -0.149. The van der Waals surface area contributed by atoms with Crippen molar-refractivity contribution in [2.24, 2.45) is 0 Å². The number of aliphatic carboxylic acids is 1. The van der Waals surface area contributed by atoms with Gasteiger partial charge in [-0.05, 0) is 28.7 Å². The fraction of sp³-hybridized carbons (Fsp3) is 0.375. The van der Waals surface area contributed by atoms with Crippen LogP contribution >= 0.6 is 0 Å². The van der Waals surface area contributed by atoms with Crippen LogP contribution in [-0.2, 0) is 14.3 Å². The molecular weight excluding hydrogens is 412 g/mol. The summed E-state index contributed by atoms with van der Waals surface area (Å²) in [6, 6.07) is 13.9. The highest BCUT2D eigenvalue weighted by molar-refractivity contribution is 5.90. The molecule has 0 bridgehead atoms. The van der Waals surface area contributed by atoms with Crippen molar-refractivity contribution in [1.29, 1.82) is 0 Å². The molecule has 0 radical (unpaired) electrons. The van der Waals surface area contributed by atoms with Crippen LogP contribution in [0.1, 0.15) is 36.8 Å². The summed E-state index contributed by atoms with van der Waals surface area (Å²) in [7, 11) is 0. The van der Waals surface area contributed by atoms with Gasteiger partial charge in [-0.1, -0.05) is 55.5 Å². The number of carboxylic acids is 1. The largest absolute Gasteiger partial charge is 0.480 e. The molecule has 1 aliphatic carbocycles. The van der Waals surface area contributed by atoms with Gasteiger partial charge in [-0.15, -0.1) is 0 Å². The Hall–Kier alpha value is -3.39. The lowest BCUT2D eigenvalue weighted by Crippen LogP contribution is -2.51. The number of fused-ring (bicyclic) bond motifs is 3. The zero-order valence-electron chi connectivity index (χ0n) is 17.7. The Labute approximate surface area is 185 Å². The van der Waals surface area contributed by atoms with Crippen LogP contribution in [0.15, 0.2) is 48.5 Å². The standard InChI is InChI=1S/C24H26N2O6/c1-2-20(22(28)26-12-14(27)11-21(26)23(29)30)25-24(31)32-13-19-17-9-5-3-7-15(17)16-8-4-6-10-18(16)19/h3-10,14,19-21,27H,2,11-13H2,1H3,(H,25,31)(H,29,30)/t14?,20-,21+/m1/s1. The fourth-order valence-corrected chi connectivity index (χ4v) is 4.61. The molecular formula is C24H26N2O6. The van der Waals surface area contributed by atoms with Crippen LogP contribution in [0.4, 0.5) is 4.79 Å². The number of carbonyl (C=O) groups excluding carboxylic acids is 2. The van der Waals surface area contributed by atoms with Crippen molar-refractivity contribution in [1.82, 2.24) is 10.2 Å². The van der Waals surface area contributed by atoms with Gasteiger partial charge < -0.3 is 25.2 Å². The highest BCUT2D eigenvalue weighted by Crippen LogP contribution is 2.44. The van der Waals surface area contributed by atoms with Gasteiger partial charge in [0.15, 0.2) is 0 Å². The van der Waals surface area contributed by atoms with Crippen molar-refractivity contribution >= 4 is 18.0 Å². The lowest BCUT2D eigenvalue weighted by Gasteiger charge is -2.26. The molecule has 168 valence electrons. The molecule has 2 aromatic carbocycles. The molecule has 1 saturated heterocycles. The first-order chi connectivity index (χ1) is 15.4. The zero-order valence-corrected chi connectivity index (χ0v) is 17.7. The number of aliphatic hydroxyl groups is 1. The smallest absolute Gasteiger partial charge is 0.407 e. The second-order valence-corrected chi connectivity index (χ2v) is 8.16. The first-order valence-corrected chi connectivity index (χ1v) is 10.7. The van der Waals surface area contributed by atoms with Crippen molar-refractivity contribution < 1.29 is 29.3 Å². The van der Waals surface area contributed by atoms with E-state index in [1.807, 2.05) is 48.5 Å². The Morgan fingerprint density at radius 2 is 1.69 bits per heavy atom. The van der Waals surface area contributed by atoms with E-state index in [9.17, 15) is 24.6 Å². The summed E-state index contributed by atoms with van der Waals surface area (Å²) in [6.45, 7) is 1.76. The Morgan fingerprint density at radius 3 is 2.25 bits per heavy atom. The van der Waals surface area contributed by atoms with Gasteiger partial charge in [-0.25, -0.2) is 9.59 Å². The Balaban J connectivity index is 1.41. The van der Waals surface area contributed by atoms with Gasteiger partial charge in [-0.2, -0.15) is 0 Å². The molecule has 1 aliphatic heterocycles. The number of β-amino-alcohol motifs (C(OH)–C–C–N with tert-alkyl or cyclic N) is 1. The molecule has 1 unspecified atom stereocenters. The SMILES string of the molecule is CC[C@@H](NC(=O)OCC1c2ccccc2-c2ccccc21)C(=O)N1CC(O)C[C@H]1C(=O)O. The van der Waals surface area contributed by atoms with E-state index < -0.39 is 36.2 Å². The topological polar surface area (TPSA) is 116 Å². The Kier molecular flexibility index (Phi) is 6.14. The fourth-order valence-electron chi connectivity index (χ4n) is 4.61. The highest BCUT2D eigenvalue weighted by atomic mass is 16.5. The van der Waals surface area contributed by atoms with Crippen molar-refractivity contribution in [3.8, 4) is 11.1 Å². The predicted octanol–water partition coefficient (Wildman–Crippen LogP) is 2.35. The summed E-state index contributed by atoms with van der Waals surface area (Å²) in [5, 5.41) is 21.7. The van der Waals surface area contributed by atoms with Gasteiger partial charge in [0, 0.05) is 18.9 Å². The molecule has 8 nitrogen and oxygen atoms in total. The van der Waals surface area contributed by atoms with Crippen molar-refractivity contribution in [2.45, 2.75) is 43.9 Å². The number of carboxylic acid groups (broad SMARTS) is 1. The summed E-state index contributed by atoms with van der Waals surface area (Å²) < 4.78 is 5.49. The molecule has 8 heteroatoms. The number of benzene rings is 2. The number of carbonyl (C=O) groups is 3. The number of ether oxygens (including phenoxy) is 1. The molecule has 1 fully saturated rings. The molecule has 32 heavy (non-hydrogen) atoms. The molecule has 0 aromatic heterocycles. The average Bonchev–Trinajstić information content (AvgIpc) is 3.34. The number of alkyl carbamates (subject to hydrolysis) is 1. The quantitative estimate of drug-likeness (QED) is 0.638. The van der Waals surface area contributed by atoms with Gasteiger partial charge in [0.25, 0.3) is 0 Å². The molecule has 0 spiro atoms. The maximum absolute atomic E-state index is 12.8. The first-order valence-electron chi connectivity index (χ1n) is 10.7. The molecule has 4 rings (SSSR count). The van der Waals surface area contributed by atoms with Crippen LogP contribution in [0, 0.1) is 0 Å². The van der Waals surface area contributed by atoms with Crippen LogP contribution in [0.3, 0.4) is 0 Å². The van der Waals surface area contributed by atoms with Gasteiger partial charge in [0.2, 0.25) is 5.91 Å². The molecule has 1 heterocycles. The van der Waals surface area contributed by atoms with Crippen LogP contribution in [0.2, 0.25) is 0 Å². The minimum atomic E-state index is -1.18. The van der Waals surface area contributed by atoms with E-state index in [1.54, 1.807) is 6.92 Å². The first kappa shape index (κ1) is 21.8. The van der Waals surface area contributed by atoms with E-state index in [1.165, 1.54) is 0 Å².